The van der Waals surface area contributed by atoms with E-state index in [1.165, 1.54) is 30.6 Å². The van der Waals surface area contributed by atoms with Crippen molar-refractivity contribution in [3.8, 4) is 0 Å². The summed E-state index contributed by atoms with van der Waals surface area (Å²) in [7, 11) is 0. The lowest BCUT2D eigenvalue weighted by Gasteiger charge is -2.38. The Bertz CT molecular complexity index is 580. The predicted molar refractivity (Wildman–Crippen MR) is 105 cm³/mol. The minimum atomic E-state index is -0.0224. The van der Waals surface area contributed by atoms with Crippen molar-refractivity contribution in [3.63, 3.8) is 0 Å². The highest BCUT2D eigenvalue weighted by molar-refractivity contribution is 7.10. The van der Waals surface area contributed by atoms with Gasteiger partial charge in [0.1, 0.15) is 0 Å². The molecule has 26 heavy (non-hydrogen) atoms. The van der Waals surface area contributed by atoms with Crippen LogP contribution >= 0.6 is 11.3 Å². The van der Waals surface area contributed by atoms with E-state index in [-0.39, 0.29) is 17.7 Å². The fourth-order valence-electron chi connectivity index (χ4n) is 4.89. The highest BCUT2D eigenvalue weighted by atomic mass is 32.1. The number of thiophene rings is 1. The van der Waals surface area contributed by atoms with E-state index in [0.717, 1.165) is 45.4 Å². The molecule has 1 aliphatic carbocycles. The Kier molecular flexibility index (Phi) is 5.81. The summed E-state index contributed by atoms with van der Waals surface area (Å²) in [5, 5.41) is 8.49. The molecule has 1 aromatic rings. The van der Waals surface area contributed by atoms with Crippen LogP contribution in [0.5, 0.6) is 0 Å². The van der Waals surface area contributed by atoms with Crippen molar-refractivity contribution >= 4 is 17.4 Å². The minimum Gasteiger partial charge on any atom is -0.375 e. The molecule has 0 bridgehead atoms. The van der Waals surface area contributed by atoms with Gasteiger partial charge in [0.2, 0.25) is 0 Å². The first kappa shape index (κ1) is 18.3. The Morgan fingerprint density at radius 2 is 2.12 bits per heavy atom. The number of hydrogen-bond donors (Lipinski definition) is 2. The molecule has 2 N–H and O–H groups in total. The summed E-state index contributed by atoms with van der Waals surface area (Å²) in [6.45, 7) is 3.72. The number of urea groups is 1. The third kappa shape index (κ3) is 4.24. The molecule has 2 amide bonds. The van der Waals surface area contributed by atoms with Gasteiger partial charge in [0, 0.05) is 24.1 Å². The number of nitrogens with zero attached hydrogens (tertiary/aromatic N) is 1. The monoisotopic (exact) mass is 377 g/mol. The van der Waals surface area contributed by atoms with Crippen LogP contribution in [0.25, 0.3) is 0 Å². The third-order valence-electron chi connectivity index (χ3n) is 6.25. The predicted octanol–water partition coefficient (Wildman–Crippen LogP) is 3.68. The molecule has 3 aliphatic rings. The first-order chi connectivity index (χ1) is 12.7. The number of ether oxygens (including phenoxy) is 1. The number of rotatable bonds is 5. The molecular formula is C20H31N3O2S. The maximum absolute atomic E-state index is 12.5. The Morgan fingerprint density at radius 1 is 1.31 bits per heavy atom. The molecule has 2 saturated heterocycles. The van der Waals surface area contributed by atoms with E-state index in [4.69, 9.17) is 4.74 Å². The third-order valence-corrected chi connectivity index (χ3v) is 7.23. The Balaban J connectivity index is 1.29. The topological polar surface area (TPSA) is 53.6 Å². The smallest absolute Gasteiger partial charge is 0.315 e. The molecule has 0 radical (unpaired) electrons. The normalized spacial score (nSPS) is 26.8. The summed E-state index contributed by atoms with van der Waals surface area (Å²) in [6.07, 6.45) is 9.26. The van der Waals surface area contributed by atoms with Crippen LogP contribution in [-0.4, -0.2) is 48.8 Å². The summed E-state index contributed by atoms with van der Waals surface area (Å²) < 4.78 is 6.08. The van der Waals surface area contributed by atoms with Crippen LogP contribution in [-0.2, 0) is 4.74 Å². The molecule has 3 heterocycles. The fourth-order valence-corrected chi connectivity index (χ4v) is 5.75. The van der Waals surface area contributed by atoms with Crippen molar-refractivity contribution < 1.29 is 9.53 Å². The first-order valence-corrected chi connectivity index (χ1v) is 11.1. The highest BCUT2D eigenvalue weighted by Gasteiger charge is 2.40. The average Bonchev–Trinajstić information content (AvgIpc) is 3.38. The van der Waals surface area contributed by atoms with Gasteiger partial charge in [0.05, 0.1) is 11.6 Å². The van der Waals surface area contributed by atoms with E-state index in [2.05, 4.69) is 33.0 Å². The van der Waals surface area contributed by atoms with Gasteiger partial charge in [-0.05, 0) is 63.1 Å². The largest absolute Gasteiger partial charge is 0.375 e. The van der Waals surface area contributed by atoms with Crippen LogP contribution in [0.2, 0.25) is 0 Å². The fraction of sp³-hybridized carbons (Fsp3) is 0.750. The van der Waals surface area contributed by atoms with Gasteiger partial charge in [-0.25, -0.2) is 4.79 Å². The van der Waals surface area contributed by atoms with Gasteiger partial charge in [0.15, 0.2) is 0 Å². The van der Waals surface area contributed by atoms with Gasteiger partial charge in [0.25, 0.3) is 0 Å². The van der Waals surface area contributed by atoms with Crippen LogP contribution in [0.15, 0.2) is 17.5 Å². The van der Waals surface area contributed by atoms with Crippen molar-refractivity contribution in [2.45, 2.75) is 69.1 Å². The van der Waals surface area contributed by atoms with Crippen molar-refractivity contribution in [2.75, 3.05) is 26.2 Å². The Hall–Kier alpha value is -1.11. The van der Waals surface area contributed by atoms with E-state index in [1.807, 2.05) is 0 Å². The molecule has 1 spiro atoms. The molecule has 6 heteroatoms. The van der Waals surface area contributed by atoms with Gasteiger partial charge in [-0.3, -0.25) is 4.90 Å². The molecule has 1 saturated carbocycles. The lowest BCUT2D eigenvalue weighted by atomic mass is 9.89. The number of carbonyl (C=O) groups is 1. The van der Waals surface area contributed by atoms with E-state index < -0.39 is 0 Å². The maximum Gasteiger partial charge on any atom is 0.315 e. The van der Waals surface area contributed by atoms with E-state index in [0.29, 0.717) is 12.6 Å². The number of likely N-dealkylation sites (tertiary alicyclic amines) is 1. The average molecular weight is 378 g/mol. The van der Waals surface area contributed by atoms with Gasteiger partial charge in [-0.15, -0.1) is 11.3 Å². The van der Waals surface area contributed by atoms with E-state index in [1.54, 1.807) is 11.3 Å². The lowest BCUT2D eigenvalue weighted by molar-refractivity contribution is -0.0820. The van der Waals surface area contributed by atoms with E-state index in [9.17, 15) is 4.79 Å². The summed E-state index contributed by atoms with van der Waals surface area (Å²) in [6, 6.07) is 4.82. The highest BCUT2D eigenvalue weighted by Crippen LogP contribution is 2.40. The van der Waals surface area contributed by atoms with Crippen molar-refractivity contribution in [1.29, 1.82) is 0 Å². The van der Waals surface area contributed by atoms with E-state index >= 15 is 0 Å². The molecule has 0 aromatic carbocycles. The lowest BCUT2D eigenvalue weighted by Crippen LogP contribution is -2.51. The molecule has 4 rings (SSSR count). The molecule has 2 atom stereocenters. The van der Waals surface area contributed by atoms with Crippen LogP contribution in [0.3, 0.4) is 0 Å². The minimum absolute atomic E-state index is 0.0224. The molecule has 2 aliphatic heterocycles. The van der Waals surface area contributed by atoms with Crippen LogP contribution in [0, 0.1) is 0 Å². The van der Waals surface area contributed by atoms with Crippen LogP contribution in [0.4, 0.5) is 4.79 Å². The first-order valence-electron chi connectivity index (χ1n) is 10.2. The summed E-state index contributed by atoms with van der Waals surface area (Å²) in [5.41, 5.74) is 0.0469. The van der Waals surface area contributed by atoms with Crippen molar-refractivity contribution in [3.05, 3.63) is 22.4 Å². The summed E-state index contributed by atoms with van der Waals surface area (Å²) >= 11 is 1.79. The molecule has 3 fully saturated rings. The van der Waals surface area contributed by atoms with Gasteiger partial charge in [-0.1, -0.05) is 18.9 Å². The summed E-state index contributed by atoms with van der Waals surface area (Å²) in [4.78, 5) is 16.4. The van der Waals surface area contributed by atoms with Gasteiger partial charge in [-0.2, -0.15) is 0 Å². The standard InChI is InChI=1S/C20H31N3O2S/c24-19(22-16-7-12-25-20(14-16)8-1-2-9-20)21-15-17(18-6-5-13-26-18)23-10-3-4-11-23/h5-6,13,16-17H,1-4,7-12,14-15H2,(H2,21,22,24). The number of hydrogen-bond acceptors (Lipinski definition) is 4. The zero-order valence-electron chi connectivity index (χ0n) is 15.5. The zero-order valence-corrected chi connectivity index (χ0v) is 16.4. The summed E-state index contributed by atoms with van der Waals surface area (Å²) in [5.74, 6) is 0. The molecular weight excluding hydrogens is 346 g/mol. The molecule has 1 aromatic heterocycles. The Morgan fingerprint density at radius 3 is 2.85 bits per heavy atom. The maximum atomic E-state index is 12.5. The van der Waals surface area contributed by atoms with Crippen molar-refractivity contribution in [2.24, 2.45) is 0 Å². The van der Waals surface area contributed by atoms with Crippen molar-refractivity contribution in [1.82, 2.24) is 15.5 Å². The second kappa shape index (κ2) is 8.28. The zero-order chi connectivity index (χ0) is 17.8. The quantitative estimate of drug-likeness (QED) is 0.823. The number of amides is 2. The second-order valence-electron chi connectivity index (χ2n) is 8.06. The Labute approximate surface area is 160 Å². The van der Waals surface area contributed by atoms with Gasteiger partial charge < -0.3 is 15.4 Å². The van der Waals surface area contributed by atoms with Crippen LogP contribution < -0.4 is 10.6 Å². The van der Waals surface area contributed by atoms with Crippen LogP contribution in [0.1, 0.15) is 62.3 Å². The van der Waals surface area contributed by atoms with Gasteiger partial charge >= 0.3 is 6.03 Å². The second-order valence-corrected chi connectivity index (χ2v) is 9.04. The molecule has 5 nitrogen and oxygen atoms in total. The molecule has 2 unspecified atom stereocenters. The molecule has 144 valence electrons. The SMILES string of the molecule is O=C(NCC(c1cccs1)N1CCCC1)NC1CCOC2(CCCC2)C1. The number of nitrogens with one attached hydrogen (secondary N) is 2. The number of carbonyl (C=O) groups excluding carboxylic acids is 1.